The summed E-state index contributed by atoms with van der Waals surface area (Å²) in [4.78, 5) is 14.0. The number of benzene rings is 1. The van der Waals surface area contributed by atoms with Crippen LogP contribution in [0.3, 0.4) is 0 Å². The summed E-state index contributed by atoms with van der Waals surface area (Å²) in [6, 6.07) is 8.37. The number of likely N-dealkylation sites (N-methyl/N-ethyl adjacent to an activating group) is 1. The molecule has 19 heavy (non-hydrogen) atoms. The van der Waals surface area contributed by atoms with Crippen molar-refractivity contribution in [3.63, 3.8) is 0 Å². The van der Waals surface area contributed by atoms with Crippen molar-refractivity contribution in [2.45, 2.75) is 38.1 Å². The molecule has 0 saturated heterocycles. The first-order valence-corrected chi connectivity index (χ1v) is 7.66. The van der Waals surface area contributed by atoms with Crippen LogP contribution in [0.1, 0.15) is 37.7 Å². The second-order valence-electron chi connectivity index (χ2n) is 5.13. The van der Waals surface area contributed by atoms with E-state index in [-0.39, 0.29) is 5.91 Å². The molecule has 0 radical (unpaired) electrons. The lowest BCUT2D eigenvalue weighted by molar-refractivity contribution is -0.127. The van der Waals surface area contributed by atoms with E-state index in [0.717, 1.165) is 22.9 Å². The molecule has 0 N–H and O–H groups in total. The highest BCUT2D eigenvalue weighted by molar-refractivity contribution is 9.10. The second-order valence-corrected chi connectivity index (χ2v) is 6.04. The number of rotatable bonds is 3. The monoisotopic (exact) mass is 321 g/mol. The maximum Gasteiger partial charge on any atom is 0.246 e. The van der Waals surface area contributed by atoms with Gasteiger partial charge in [0.05, 0.1) is 0 Å². The lowest BCUT2D eigenvalue weighted by atomic mass is 9.94. The molecule has 0 atom stereocenters. The van der Waals surface area contributed by atoms with Gasteiger partial charge in [0.15, 0.2) is 0 Å². The van der Waals surface area contributed by atoms with Crippen molar-refractivity contribution in [1.82, 2.24) is 4.90 Å². The standard InChI is InChI=1S/C16H20BrNO/c1-18(15-8-3-2-4-9-15)16(19)11-10-13-6-5-7-14(17)12-13/h5-7,10-12,15H,2-4,8-9H2,1H3/b11-10+. The zero-order valence-electron chi connectivity index (χ0n) is 11.3. The van der Waals surface area contributed by atoms with Gasteiger partial charge in [-0.2, -0.15) is 0 Å². The van der Waals surface area contributed by atoms with Crippen LogP contribution in [0, 0.1) is 0 Å². The van der Waals surface area contributed by atoms with E-state index in [1.807, 2.05) is 42.3 Å². The van der Waals surface area contributed by atoms with Gasteiger partial charge in [-0.05, 0) is 36.6 Å². The van der Waals surface area contributed by atoms with E-state index < -0.39 is 0 Å². The highest BCUT2D eigenvalue weighted by atomic mass is 79.9. The second kappa shape index (κ2) is 6.90. The van der Waals surface area contributed by atoms with Crippen LogP contribution in [-0.2, 0) is 4.79 Å². The summed E-state index contributed by atoms with van der Waals surface area (Å²) in [7, 11) is 1.92. The van der Waals surface area contributed by atoms with Crippen LogP contribution in [0.5, 0.6) is 0 Å². The summed E-state index contributed by atoms with van der Waals surface area (Å²) in [5.74, 6) is 0.104. The van der Waals surface area contributed by atoms with Crippen molar-refractivity contribution >= 4 is 27.9 Å². The van der Waals surface area contributed by atoms with Crippen molar-refractivity contribution in [3.8, 4) is 0 Å². The van der Waals surface area contributed by atoms with Crippen LogP contribution in [0.4, 0.5) is 0 Å². The molecule has 0 heterocycles. The Bertz CT molecular complexity index is 464. The molecule has 3 heteroatoms. The van der Waals surface area contributed by atoms with Crippen molar-refractivity contribution in [1.29, 1.82) is 0 Å². The molecule has 2 rings (SSSR count). The fourth-order valence-electron chi connectivity index (χ4n) is 2.54. The van der Waals surface area contributed by atoms with Crippen LogP contribution in [-0.4, -0.2) is 23.9 Å². The van der Waals surface area contributed by atoms with Crippen LogP contribution in [0.25, 0.3) is 6.08 Å². The summed E-state index contributed by atoms with van der Waals surface area (Å²) < 4.78 is 1.03. The molecule has 1 saturated carbocycles. The Morgan fingerprint density at radius 3 is 2.74 bits per heavy atom. The molecule has 1 aliphatic rings. The Morgan fingerprint density at radius 1 is 1.32 bits per heavy atom. The molecule has 0 unspecified atom stereocenters. The number of carbonyl (C=O) groups excluding carboxylic acids is 1. The van der Waals surface area contributed by atoms with Gasteiger partial charge in [-0.15, -0.1) is 0 Å². The third kappa shape index (κ3) is 4.20. The van der Waals surface area contributed by atoms with E-state index in [4.69, 9.17) is 0 Å². The van der Waals surface area contributed by atoms with E-state index in [1.165, 1.54) is 19.3 Å². The predicted octanol–water partition coefficient (Wildman–Crippen LogP) is 4.25. The van der Waals surface area contributed by atoms with Crippen LogP contribution >= 0.6 is 15.9 Å². The molecule has 0 aromatic heterocycles. The summed E-state index contributed by atoms with van der Waals surface area (Å²) >= 11 is 3.43. The van der Waals surface area contributed by atoms with Gasteiger partial charge in [0.25, 0.3) is 0 Å². The molecule has 0 bridgehead atoms. The Hall–Kier alpha value is -1.09. The average molecular weight is 322 g/mol. The molecule has 1 aliphatic carbocycles. The van der Waals surface area contributed by atoms with E-state index in [0.29, 0.717) is 6.04 Å². The van der Waals surface area contributed by atoms with Gasteiger partial charge in [0, 0.05) is 23.6 Å². The molecule has 1 amide bonds. The predicted molar refractivity (Wildman–Crippen MR) is 82.8 cm³/mol. The zero-order chi connectivity index (χ0) is 13.7. The minimum atomic E-state index is 0.104. The van der Waals surface area contributed by atoms with Crippen LogP contribution < -0.4 is 0 Å². The van der Waals surface area contributed by atoms with Gasteiger partial charge in [-0.25, -0.2) is 0 Å². The smallest absolute Gasteiger partial charge is 0.246 e. The minimum Gasteiger partial charge on any atom is -0.339 e. The maximum atomic E-state index is 12.1. The fraction of sp³-hybridized carbons (Fsp3) is 0.438. The zero-order valence-corrected chi connectivity index (χ0v) is 12.9. The fourth-order valence-corrected chi connectivity index (χ4v) is 2.96. The first-order valence-electron chi connectivity index (χ1n) is 6.87. The molecular formula is C16H20BrNO. The SMILES string of the molecule is CN(C(=O)/C=C/c1cccc(Br)c1)C1CCCCC1. The molecule has 1 aromatic carbocycles. The molecule has 0 spiro atoms. The number of hydrogen-bond acceptors (Lipinski definition) is 1. The lowest BCUT2D eigenvalue weighted by Crippen LogP contribution is -2.37. The highest BCUT2D eigenvalue weighted by Gasteiger charge is 2.20. The number of nitrogens with zero attached hydrogens (tertiary/aromatic N) is 1. The topological polar surface area (TPSA) is 20.3 Å². The summed E-state index contributed by atoms with van der Waals surface area (Å²) in [6.45, 7) is 0. The van der Waals surface area contributed by atoms with E-state index in [2.05, 4.69) is 15.9 Å². The minimum absolute atomic E-state index is 0.104. The van der Waals surface area contributed by atoms with Crippen LogP contribution in [0.2, 0.25) is 0 Å². The normalized spacial score (nSPS) is 16.7. The molecule has 1 fully saturated rings. The summed E-state index contributed by atoms with van der Waals surface area (Å²) in [6.07, 6.45) is 9.66. The quantitative estimate of drug-likeness (QED) is 0.762. The van der Waals surface area contributed by atoms with Gasteiger partial charge >= 0.3 is 0 Å². The van der Waals surface area contributed by atoms with E-state index >= 15 is 0 Å². The lowest BCUT2D eigenvalue weighted by Gasteiger charge is -2.30. The third-order valence-corrected chi connectivity index (χ3v) is 4.23. The van der Waals surface area contributed by atoms with Gasteiger partial charge in [-0.3, -0.25) is 4.79 Å². The number of amides is 1. The third-order valence-electron chi connectivity index (χ3n) is 3.74. The van der Waals surface area contributed by atoms with E-state index in [9.17, 15) is 4.79 Å². The molecule has 2 nitrogen and oxygen atoms in total. The van der Waals surface area contributed by atoms with Crippen molar-refractivity contribution in [2.24, 2.45) is 0 Å². The molecule has 102 valence electrons. The van der Waals surface area contributed by atoms with Gasteiger partial charge < -0.3 is 4.90 Å². The van der Waals surface area contributed by atoms with Gasteiger partial charge in [0.2, 0.25) is 5.91 Å². The van der Waals surface area contributed by atoms with Gasteiger partial charge in [0.1, 0.15) is 0 Å². The Labute approximate surface area is 123 Å². The summed E-state index contributed by atoms with van der Waals surface area (Å²) in [5, 5.41) is 0. The number of halogens is 1. The molecule has 0 aliphatic heterocycles. The number of hydrogen-bond donors (Lipinski definition) is 0. The summed E-state index contributed by atoms with van der Waals surface area (Å²) in [5.41, 5.74) is 1.04. The van der Waals surface area contributed by atoms with Crippen molar-refractivity contribution in [3.05, 3.63) is 40.4 Å². The largest absolute Gasteiger partial charge is 0.339 e. The van der Waals surface area contributed by atoms with Gasteiger partial charge in [-0.1, -0.05) is 47.3 Å². The Morgan fingerprint density at radius 2 is 2.05 bits per heavy atom. The van der Waals surface area contributed by atoms with Crippen molar-refractivity contribution in [2.75, 3.05) is 7.05 Å². The average Bonchev–Trinajstić information content (AvgIpc) is 2.45. The highest BCUT2D eigenvalue weighted by Crippen LogP contribution is 2.22. The Balaban J connectivity index is 1.96. The molecular weight excluding hydrogens is 302 g/mol. The molecule has 1 aromatic rings. The first kappa shape index (κ1) is 14.3. The van der Waals surface area contributed by atoms with E-state index in [1.54, 1.807) is 6.08 Å². The van der Waals surface area contributed by atoms with Crippen LogP contribution in [0.15, 0.2) is 34.8 Å². The Kier molecular flexibility index (Phi) is 5.20. The number of carbonyl (C=O) groups is 1. The van der Waals surface area contributed by atoms with Crippen molar-refractivity contribution < 1.29 is 4.79 Å². The first-order chi connectivity index (χ1) is 9.16. The maximum absolute atomic E-state index is 12.1.